The van der Waals surface area contributed by atoms with Gasteiger partial charge in [0, 0.05) is 5.75 Å². The summed E-state index contributed by atoms with van der Waals surface area (Å²) < 4.78 is 79.5. The molecule has 1 saturated carbocycles. The highest BCUT2D eigenvalue weighted by molar-refractivity contribution is 7.99. The molecular weight excluding hydrogens is 384 g/mol. The van der Waals surface area contributed by atoms with Gasteiger partial charge in [-0.15, -0.1) is 0 Å². The summed E-state index contributed by atoms with van der Waals surface area (Å²) in [6, 6.07) is -1.21. The molecule has 10 heteroatoms. The molecule has 0 aromatic heterocycles. The van der Waals surface area contributed by atoms with Crippen molar-refractivity contribution in [1.82, 2.24) is 5.32 Å². The van der Waals surface area contributed by atoms with Crippen molar-refractivity contribution in [2.24, 2.45) is 5.92 Å². The molecule has 26 heavy (non-hydrogen) atoms. The topological polar surface area (TPSA) is 49.3 Å². The Balaban J connectivity index is 2.22. The quantitative estimate of drug-likeness (QED) is 0.608. The molecule has 0 heterocycles. The van der Waals surface area contributed by atoms with Gasteiger partial charge >= 0.3 is 18.1 Å². The zero-order chi connectivity index (χ0) is 19.5. The fourth-order valence-electron chi connectivity index (χ4n) is 2.26. The fourth-order valence-corrected chi connectivity index (χ4v) is 3.54. The minimum absolute atomic E-state index is 0.155. The molecule has 1 aromatic carbocycles. The van der Waals surface area contributed by atoms with E-state index < -0.39 is 41.5 Å². The molecule has 0 unspecified atom stereocenters. The van der Waals surface area contributed by atoms with Gasteiger partial charge in [0.1, 0.15) is 17.9 Å². The molecule has 1 aliphatic carbocycles. The highest BCUT2D eigenvalue weighted by Crippen LogP contribution is 2.45. The number of carboxylic acids is 1. The van der Waals surface area contributed by atoms with E-state index in [-0.39, 0.29) is 5.75 Å². The molecule has 2 N–H and O–H groups in total. The predicted octanol–water partition coefficient (Wildman–Crippen LogP) is 4.25. The molecule has 2 atom stereocenters. The Hall–Kier alpha value is -1.42. The number of hydrogen-bond donors (Lipinski definition) is 2. The zero-order valence-corrected chi connectivity index (χ0v) is 14.2. The van der Waals surface area contributed by atoms with Crippen molar-refractivity contribution in [3.63, 3.8) is 0 Å². The average Bonchev–Trinajstić information content (AvgIpc) is 3.34. The van der Waals surface area contributed by atoms with Gasteiger partial charge in [0.2, 0.25) is 0 Å². The third-order valence-corrected chi connectivity index (χ3v) is 5.22. The van der Waals surface area contributed by atoms with Crippen LogP contribution in [0.15, 0.2) is 24.3 Å². The van der Waals surface area contributed by atoms with Crippen LogP contribution in [0.3, 0.4) is 0 Å². The number of rotatable bonds is 9. The molecule has 0 radical (unpaired) electrons. The molecule has 0 bridgehead atoms. The summed E-state index contributed by atoms with van der Waals surface area (Å²) in [6.45, 7) is 0. The summed E-state index contributed by atoms with van der Waals surface area (Å²) in [5.74, 6) is -6.66. The van der Waals surface area contributed by atoms with E-state index in [0.29, 0.717) is 11.7 Å². The van der Waals surface area contributed by atoms with Crippen LogP contribution in [0.2, 0.25) is 0 Å². The van der Waals surface area contributed by atoms with Crippen LogP contribution >= 0.6 is 11.8 Å². The Morgan fingerprint density at radius 2 is 1.77 bits per heavy atom. The molecule has 1 aliphatic rings. The summed E-state index contributed by atoms with van der Waals surface area (Å²) in [5.41, 5.74) is -0.549. The van der Waals surface area contributed by atoms with Crippen molar-refractivity contribution in [1.29, 1.82) is 0 Å². The largest absolute Gasteiger partial charge is 0.480 e. The van der Waals surface area contributed by atoms with Crippen LogP contribution < -0.4 is 5.32 Å². The van der Waals surface area contributed by atoms with E-state index in [1.807, 2.05) is 5.32 Å². The molecule has 0 saturated heterocycles. The molecule has 1 fully saturated rings. The minimum Gasteiger partial charge on any atom is -0.480 e. The number of carbonyl (C=O) groups is 1. The first-order valence-corrected chi connectivity index (χ1v) is 8.94. The standard InChI is InChI=1S/C16H17F6NO2S/c17-11-5-3-10(4-6-11)13(15(18,19)16(20,21)22)23-12(14(24)25)8-26-7-9-1-2-9/h3-6,9,12-13,23H,1-2,7-8H2,(H,24,25)/t12-,13-/m0/s1. The highest BCUT2D eigenvalue weighted by Gasteiger charge is 2.63. The Bertz CT molecular complexity index is 618. The van der Waals surface area contributed by atoms with Crippen LogP contribution in [0.4, 0.5) is 26.3 Å². The Labute approximate surface area is 150 Å². The molecule has 2 rings (SSSR count). The van der Waals surface area contributed by atoms with Crippen LogP contribution in [0.25, 0.3) is 0 Å². The number of benzene rings is 1. The number of carboxylic acid groups (broad SMARTS) is 1. The first-order valence-electron chi connectivity index (χ1n) is 7.79. The number of hydrogen-bond acceptors (Lipinski definition) is 3. The summed E-state index contributed by atoms with van der Waals surface area (Å²) in [4.78, 5) is 11.3. The second-order valence-corrected chi connectivity index (χ2v) is 7.22. The predicted molar refractivity (Wildman–Crippen MR) is 84.8 cm³/mol. The van der Waals surface area contributed by atoms with Crippen molar-refractivity contribution in [3.05, 3.63) is 35.6 Å². The van der Waals surface area contributed by atoms with Gasteiger partial charge in [0.15, 0.2) is 0 Å². The first kappa shape index (κ1) is 20.9. The summed E-state index contributed by atoms with van der Waals surface area (Å²) in [7, 11) is 0. The number of nitrogens with one attached hydrogen (secondary N) is 1. The molecule has 0 aliphatic heterocycles. The lowest BCUT2D eigenvalue weighted by molar-refractivity contribution is -0.294. The lowest BCUT2D eigenvalue weighted by atomic mass is 9.99. The maximum atomic E-state index is 14.0. The van der Waals surface area contributed by atoms with Crippen molar-refractivity contribution in [2.75, 3.05) is 11.5 Å². The smallest absolute Gasteiger partial charge is 0.455 e. The average molecular weight is 401 g/mol. The van der Waals surface area contributed by atoms with Gasteiger partial charge in [0.05, 0.1) is 0 Å². The number of alkyl halides is 5. The lowest BCUT2D eigenvalue weighted by Crippen LogP contribution is -2.53. The van der Waals surface area contributed by atoms with Gasteiger partial charge < -0.3 is 5.11 Å². The maximum Gasteiger partial charge on any atom is 0.455 e. The lowest BCUT2D eigenvalue weighted by Gasteiger charge is -2.32. The van der Waals surface area contributed by atoms with Gasteiger partial charge in [-0.25, -0.2) is 4.39 Å². The fraction of sp³-hybridized carbons (Fsp3) is 0.562. The van der Waals surface area contributed by atoms with Gasteiger partial charge in [-0.2, -0.15) is 33.7 Å². The third kappa shape index (κ3) is 5.29. The molecule has 146 valence electrons. The van der Waals surface area contributed by atoms with E-state index in [0.717, 1.165) is 37.1 Å². The van der Waals surface area contributed by atoms with E-state index >= 15 is 0 Å². The summed E-state index contributed by atoms with van der Waals surface area (Å²) in [6.07, 6.45) is -3.89. The van der Waals surface area contributed by atoms with Crippen LogP contribution in [0, 0.1) is 11.7 Å². The number of aliphatic carboxylic acids is 1. The van der Waals surface area contributed by atoms with Crippen molar-refractivity contribution in [3.8, 4) is 0 Å². The van der Waals surface area contributed by atoms with Gasteiger partial charge in [-0.1, -0.05) is 12.1 Å². The normalized spacial score (nSPS) is 17.8. The van der Waals surface area contributed by atoms with E-state index in [2.05, 4.69) is 0 Å². The summed E-state index contributed by atoms with van der Waals surface area (Å²) in [5, 5.41) is 11.1. The van der Waals surface area contributed by atoms with E-state index in [1.165, 1.54) is 11.8 Å². The minimum atomic E-state index is -5.90. The SMILES string of the molecule is O=C(O)[C@H](CSCC1CC1)N[C@@H](c1ccc(F)cc1)C(F)(F)C(F)(F)F. The van der Waals surface area contributed by atoms with Gasteiger partial charge in [-0.3, -0.25) is 10.1 Å². The Morgan fingerprint density at radius 3 is 2.23 bits per heavy atom. The summed E-state index contributed by atoms with van der Waals surface area (Å²) >= 11 is 1.19. The van der Waals surface area contributed by atoms with Crippen molar-refractivity contribution >= 4 is 17.7 Å². The molecule has 0 amide bonds. The van der Waals surface area contributed by atoms with Crippen LogP contribution in [0.5, 0.6) is 0 Å². The molecule has 0 spiro atoms. The van der Waals surface area contributed by atoms with Gasteiger partial charge in [-0.05, 0) is 42.2 Å². The number of halogens is 6. The monoisotopic (exact) mass is 401 g/mol. The van der Waals surface area contributed by atoms with E-state index in [9.17, 15) is 36.2 Å². The van der Waals surface area contributed by atoms with Crippen LogP contribution in [-0.4, -0.2) is 40.7 Å². The van der Waals surface area contributed by atoms with Crippen LogP contribution in [-0.2, 0) is 4.79 Å². The van der Waals surface area contributed by atoms with Crippen LogP contribution in [0.1, 0.15) is 24.4 Å². The maximum absolute atomic E-state index is 14.0. The second kappa shape index (κ2) is 8.08. The van der Waals surface area contributed by atoms with Crippen molar-refractivity contribution < 1.29 is 36.2 Å². The second-order valence-electron chi connectivity index (χ2n) is 6.14. The molecular formula is C16H17F6NO2S. The number of thioether (sulfide) groups is 1. The van der Waals surface area contributed by atoms with E-state index in [1.54, 1.807) is 0 Å². The molecule has 3 nitrogen and oxygen atoms in total. The third-order valence-electron chi connectivity index (χ3n) is 3.94. The first-order chi connectivity index (χ1) is 12.0. The Morgan fingerprint density at radius 1 is 1.19 bits per heavy atom. The van der Waals surface area contributed by atoms with Crippen molar-refractivity contribution in [2.45, 2.75) is 37.0 Å². The molecule has 1 aromatic rings. The van der Waals surface area contributed by atoms with Gasteiger partial charge in [0.25, 0.3) is 0 Å². The highest BCUT2D eigenvalue weighted by atomic mass is 32.2. The Kier molecular flexibility index (Phi) is 6.49. The van der Waals surface area contributed by atoms with E-state index in [4.69, 9.17) is 0 Å². The zero-order valence-electron chi connectivity index (χ0n) is 13.4.